The van der Waals surface area contributed by atoms with Gasteiger partial charge in [-0.15, -0.1) is 0 Å². The van der Waals surface area contributed by atoms with Gasteiger partial charge in [0.15, 0.2) is 5.35 Å². The molecule has 27 nitrogen and oxygen atoms in total. The zero-order valence-corrected chi connectivity index (χ0v) is 70.0. The van der Waals surface area contributed by atoms with E-state index in [9.17, 15) is 9.59 Å². The maximum absolute atomic E-state index is 15.2. The highest BCUT2D eigenvalue weighted by molar-refractivity contribution is 6.43. The summed E-state index contributed by atoms with van der Waals surface area (Å²) < 4.78 is 103. The van der Waals surface area contributed by atoms with Crippen molar-refractivity contribution in [2.45, 2.75) is 65.5 Å². The number of allylic oxidation sites excluding steroid dienone is 2. The summed E-state index contributed by atoms with van der Waals surface area (Å²) in [5.41, 5.74) is 6.89. The molecule has 0 aliphatic carbocycles. The Balaban J connectivity index is 0.589. The van der Waals surface area contributed by atoms with Crippen LogP contribution < -0.4 is 14.3 Å². The van der Waals surface area contributed by atoms with E-state index in [4.69, 9.17) is 85.3 Å². The molecular weight excluding hydrogens is 1540 g/mol. The summed E-state index contributed by atoms with van der Waals surface area (Å²) in [6.45, 7) is 27.2. The van der Waals surface area contributed by atoms with E-state index in [0.717, 1.165) is 33.6 Å². The standard InChI is InChI=1S/C93H115N5O22/c1-7-71(8-2)97-90(99)75-26-24-74-87-83(120-62-61-119-60-59-118-58-57-117-56-55-116-54-53-115-52-51-114-50-49-113-48-47-112-46-45-111-44-43-110-42-41-109-40-39-108-38-37-107-36-35-106-34-33-105-32-31-104-30-29-103-6)66-78-86-76(91(100)98(93(78)102)72(9-3)10-4)25-23-73(89(86)87)84-69(63-77(92(97)101)85(75)88(74)84)22-19-67-17-20-68(21-18-67)70-64-81(79-15-11-13-27-94-79)96(5)82(65-70)80-16-12-14-28-95-80/h11-18,20-21,23-28,63-66,71-72H,5,7-10,29-62H2,1-4,6H3. The maximum atomic E-state index is 15.2. The van der Waals surface area contributed by atoms with Gasteiger partial charge in [-0.05, 0) is 96.1 Å². The Kier molecular flexibility index (Phi) is 38.4. The lowest BCUT2D eigenvalue weighted by Crippen LogP contribution is -2.46. The quantitative estimate of drug-likeness (QED) is 0.00855. The molecule has 27 heteroatoms. The molecule has 120 heavy (non-hydrogen) atoms. The van der Waals surface area contributed by atoms with E-state index in [0.29, 0.717) is 313 Å². The zero-order valence-electron chi connectivity index (χ0n) is 70.0. The molecule has 0 N–H and O–H groups in total. The second kappa shape index (κ2) is 50.3. The topological polar surface area (TPSA) is 274 Å². The summed E-state index contributed by atoms with van der Waals surface area (Å²) in [7, 11) is 1.64. The fourth-order valence-electron chi connectivity index (χ4n) is 14.5. The van der Waals surface area contributed by atoms with Crippen LogP contribution in [-0.2, 0) is 80.5 Å². The molecule has 2 aromatic heterocycles. The molecule has 8 aromatic rings. The summed E-state index contributed by atoms with van der Waals surface area (Å²) in [6, 6.07) is 28.2. The number of rotatable bonds is 60. The normalized spacial score (nSPS) is 13.8. The molecule has 644 valence electrons. The van der Waals surface area contributed by atoms with Gasteiger partial charge < -0.3 is 90.6 Å². The average Bonchev–Trinajstić information content (AvgIpc) is 0.679. The number of carbonyl (C=O) groups is 4. The number of nitrogens with zero attached hydrogens (tertiary/aromatic N) is 5. The average molecular weight is 1650 g/mol. The summed E-state index contributed by atoms with van der Waals surface area (Å²) in [5.74, 6) is 5.81. The molecule has 0 saturated heterocycles. The number of benzene rings is 6. The van der Waals surface area contributed by atoms with Crippen LogP contribution in [0.4, 0.5) is 0 Å². The first-order chi connectivity index (χ1) is 59.1. The number of imide groups is 2. The lowest BCUT2D eigenvalue weighted by atomic mass is 9.80. The van der Waals surface area contributed by atoms with Gasteiger partial charge >= 0.3 is 0 Å². The van der Waals surface area contributed by atoms with E-state index in [1.807, 2.05) is 111 Å². The third-order valence-electron chi connectivity index (χ3n) is 20.6. The molecule has 0 spiro atoms. The molecule has 0 bridgehead atoms. The van der Waals surface area contributed by atoms with Gasteiger partial charge in [0, 0.05) is 97.7 Å². The van der Waals surface area contributed by atoms with E-state index < -0.39 is 11.8 Å². The Hall–Kier alpha value is -9.10. The second-order valence-corrected chi connectivity index (χ2v) is 28.2. The van der Waals surface area contributed by atoms with Gasteiger partial charge in [-0.3, -0.25) is 29.0 Å². The highest BCUT2D eigenvalue weighted by Crippen LogP contribution is 2.51. The van der Waals surface area contributed by atoms with Crippen LogP contribution in [0, 0.1) is 18.6 Å². The van der Waals surface area contributed by atoms with Crippen LogP contribution in [-0.4, -0.2) is 282 Å². The third-order valence-corrected chi connectivity index (χ3v) is 20.6. The van der Waals surface area contributed by atoms with Crippen molar-refractivity contribution in [1.82, 2.24) is 14.8 Å². The number of hydrogen-bond donors (Lipinski definition) is 0. The summed E-state index contributed by atoms with van der Waals surface area (Å²) in [5, 5.41) is 10.4. The first-order valence-corrected chi connectivity index (χ1v) is 41.9. The van der Waals surface area contributed by atoms with Crippen molar-refractivity contribution in [2.24, 2.45) is 0 Å². The van der Waals surface area contributed by atoms with E-state index in [1.54, 1.807) is 37.7 Å². The van der Waals surface area contributed by atoms with Gasteiger partial charge in [-0.25, -0.2) is 4.98 Å². The van der Waals surface area contributed by atoms with E-state index >= 15 is 9.59 Å². The zero-order chi connectivity index (χ0) is 83.9. The van der Waals surface area contributed by atoms with Crippen molar-refractivity contribution < 1.29 is 109 Å². The minimum absolute atomic E-state index is 0.0897. The molecule has 0 atom stereocenters. The Morgan fingerprint density at radius 1 is 0.392 bits per heavy atom. The van der Waals surface area contributed by atoms with E-state index in [2.05, 4.69) is 41.0 Å². The fourth-order valence-corrected chi connectivity index (χ4v) is 14.5. The molecule has 0 unspecified atom stereocenters. The number of methoxy groups -OCH3 is 1. The predicted octanol–water partition coefficient (Wildman–Crippen LogP) is 11.2. The predicted molar refractivity (Wildman–Crippen MR) is 455 cm³/mol. The van der Waals surface area contributed by atoms with Gasteiger partial charge in [0.2, 0.25) is 5.69 Å². The minimum Gasteiger partial charge on any atom is -0.659 e. The van der Waals surface area contributed by atoms with Crippen molar-refractivity contribution in [2.75, 3.05) is 232 Å². The number of fused-ring (bicyclic) bond motifs is 2. The number of pyridine rings is 2. The van der Waals surface area contributed by atoms with Gasteiger partial charge in [0.1, 0.15) is 24.8 Å². The molecule has 0 fully saturated rings. The fraction of sp³-hybridized carbons (Fsp3) is 0.484. The summed E-state index contributed by atoms with van der Waals surface area (Å²) in [4.78, 5) is 67.5. The van der Waals surface area contributed by atoms with Crippen molar-refractivity contribution in [1.29, 1.82) is 0 Å². The molecular formula is C93H115N5O22. The number of hydrogen-bond acceptors (Lipinski definition) is 23. The molecule has 3 aliphatic heterocycles. The van der Waals surface area contributed by atoms with E-state index in [1.165, 1.54) is 9.80 Å². The smallest absolute Gasteiger partial charge is 0.261 e. The third kappa shape index (κ3) is 25.1. The first kappa shape index (κ1) is 91.6. The maximum Gasteiger partial charge on any atom is 0.261 e. The lowest BCUT2D eigenvalue weighted by molar-refractivity contribution is -0.501. The molecule has 0 saturated carbocycles. The van der Waals surface area contributed by atoms with Crippen LogP contribution in [0.1, 0.15) is 106 Å². The summed E-state index contributed by atoms with van der Waals surface area (Å²) in [6.07, 6.45) is 11.6. The van der Waals surface area contributed by atoms with Crippen LogP contribution in [0.25, 0.3) is 76.6 Å². The van der Waals surface area contributed by atoms with Crippen LogP contribution in [0.15, 0.2) is 122 Å². The highest BCUT2D eigenvalue weighted by atomic mass is 16.6. The largest absolute Gasteiger partial charge is 0.659 e. The highest BCUT2D eigenvalue weighted by Gasteiger charge is 2.41. The van der Waals surface area contributed by atoms with Crippen molar-refractivity contribution >= 4 is 72.4 Å². The molecule has 11 rings (SSSR count). The monoisotopic (exact) mass is 1650 g/mol. The Labute approximate surface area is 702 Å². The molecule has 5 heterocycles. The SMILES string of the molecule is C=[n+]1c(-c2ccccn2)cc(-c2ccc(C#Cc3cc4c5c(ccc6c7c(OCCOCCOCCOCCOCCOCCOCCOCCOCCOCCOCCOCCOCCOCCOCCOCCOCCOC)cc8c9c(ccc(c3c56)c97)C(=O)N(C(CC)CC)C8=O)C(=O)N(C(CC)CC)C4=O)cc2)cc1=C1C=CC=C[N-]1. The van der Waals surface area contributed by atoms with Gasteiger partial charge in [-0.1, -0.05) is 93.8 Å². The van der Waals surface area contributed by atoms with Crippen LogP contribution in [0.3, 0.4) is 0 Å². The molecule has 0 radical (unpaired) electrons. The van der Waals surface area contributed by atoms with Crippen molar-refractivity contribution in [3.8, 4) is 40.1 Å². The number of aromatic nitrogens is 2. The molecule has 6 aromatic carbocycles. The van der Waals surface area contributed by atoms with Crippen LogP contribution in [0.2, 0.25) is 0 Å². The van der Waals surface area contributed by atoms with Crippen molar-refractivity contribution in [3.05, 3.63) is 172 Å². The molecule has 4 amide bonds. The molecule has 3 aliphatic rings. The Bertz CT molecular complexity index is 4830. The Morgan fingerprint density at radius 2 is 0.783 bits per heavy atom. The van der Waals surface area contributed by atoms with E-state index in [-0.39, 0.29) is 43.7 Å². The van der Waals surface area contributed by atoms with Crippen molar-refractivity contribution in [3.63, 3.8) is 0 Å². The summed E-state index contributed by atoms with van der Waals surface area (Å²) >= 11 is 0. The lowest BCUT2D eigenvalue weighted by Gasteiger charge is -2.35. The number of amides is 4. The number of carbonyl (C=O) groups excluding carboxylic acids is 4. The van der Waals surface area contributed by atoms with Gasteiger partial charge in [0.25, 0.3) is 23.6 Å². The van der Waals surface area contributed by atoms with Crippen LogP contribution in [0.5, 0.6) is 5.75 Å². The van der Waals surface area contributed by atoms with Gasteiger partial charge in [-0.2, -0.15) is 10.4 Å². The first-order valence-electron chi connectivity index (χ1n) is 41.9. The van der Waals surface area contributed by atoms with Gasteiger partial charge in [0.05, 0.1) is 224 Å². The minimum atomic E-state index is -0.412. The second-order valence-electron chi connectivity index (χ2n) is 28.2. The number of ether oxygens (including phenoxy) is 18. The van der Waals surface area contributed by atoms with Crippen LogP contribution >= 0.6 is 0 Å². The Morgan fingerprint density at radius 3 is 1.18 bits per heavy atom.